The SMILES string of the molecule is Cc1cc(C)c(-c2cc(-c3ccccc3)c(-c3cc(-c4ccccc4)c(C(F)(F)F)cc3C(F)(F)F)cc2-c2ccccc2)cc1-c1ccccc1.Cc1cc(C)c(-c2cc(-c3ccccc3)c(-c3cc(-c4cccnc4)c(C(F)(F)F)cc3C(F)(F)F)cc2-c2ccccc2)cc1-c1cccnc1.Cc1cc(C)c(-c2cc(-c3ccccc3)c(-c3cc(-c4cccnc4)c(C)cc3C)cc2-c2ccccc2)cc1-c1cccnc1. The lowest BCUT2D eigenvalue weighted by Gasteiger charge is -2.24. The Morgan fingerprint density at radius 2 is 0.267 bits per heavy atom. The number of nitrogens with zero attached hydrogens (tertiary/aromatic N) is 4. The van der Waals surface area contributed by atoms with Crippen molar-refractivity contribution in [2.75, 3.05) is 0 Å². The fraction of sp³-hybridized carbons (Fsp3) is 0.0896. The molecular formula is C134H98F12N4. The zero-order valence-electron chi connectivity index (χ0n) is 83.0. The summed E-state index contributed by atoms with van der Waals surface area (Å²) in [4.78, 5) is 17.1. The number of pyridine rings is 4. The summed E-state index contributed by atoms with van der Waals surface area (Å²) in [6.45, 7) is 16.9. The Morgan fingerprint density at radius 1 is 0.127 bits per heavy atom. The zero-order valence-corrected chi connectivity index (χ0v) is 83.0. The highest BCUT2D eigenvalue weighted by atomic mass is 19.4. The summed E-state index contributed by atoms with van der Waals surface area (Å²) >= 11 is 0. The molecule has 150 heavy (non-hydrogen) atoms. The standard InChI is InChI=1S/C46H32F6.C44H30F6N2.C44H36N2/c1-29-23-30(2)36(24-35(29)31-15-7-3-8-16-31)40-25-38(33-19-11-5-12-20-33)41(26-37(40)32-17-9-4-10-18-32)42-27-39(34-21-13-6-14-22-34)43(45(47,48)49)28-44(42)46(50,51)52;1-27-19-28(2)34(20-33(27)31-15-9-17-51-25-31)38-21-36(30-13-7-4-8-14-30)39(22-35(38)29-11-5-3-6-12-29)40-23-37(32-16-10-18-52-26-32)41(43(45,46)47)24-42(40)44(48,49)50;1-29-21-31(3)39(23-37(29)35-17-11-19-45-27-35)43-25-42(34-15-9-6-10-16-34)44(26-41(43)33-13-7-5-8-14-33)40-24-38(30(2)22-32(40)4)36-18-12-20-46-28-36/h3-28H,1-2H3;3-26H,1-2H3;5-28H,1-4H3. The van der Waals surface area contributed by atoms with Crippen molar-refractivity contribution in [1.29, 1.82) is 0 Å². The van der Waals surface area contributed by atoms with E-state index in [-0.39, 0.29) is 51.1 Å². The van der Waals surface area contributed by atoms with Gasteiger partial charge in [-0.1, -0.05) is 291 Å². The number of benzene rings is 17. The molecular weight excluding hydrogens is 1890 g/mol. The van der Waals surface area contributed by atoms with Crippen LogP contribution in [0.3, 0.4) is 0 Å². The average molecular weight is 1990 g/mol. The third-order valence-corrected chi connectivity index (χ3v) is 27.6. The predicted molar refractivity (Wildman–Crippen MR) is 586 cm³/mol. The van der Waals surface area contributed by atoms with Gasteiger partial charge < -0.3 is 0 Å². The Labute approximate surface area is 864 Å². The van der Waals surface area contributed by atoms with Crippen LogP contribution in [0.15, 0.2) is 450 Å². The van der Waals surface area contributed by atoms with Crippen molar-refractivity contribution in [3.8, 4) is 200 Å². The van der Waals surface area contributed by atoms with E-state index in [1.165, 1.54) is 115 Å². The van der Waals surface area contributed by atoms with Crippen LogP contribution in [0.4, 0.5) is 52.7 Å². The smallest absolute Gasteiger partial charge is 0.264 e. The van der Waals surface area contributed by atoms with Crippen molar-refractivity contribution in [3.63, 3.8) is 0 Å². The van der Waals surface area contributed by atoms with Gasteiger partial charge in [0.2, 0.25) is 0 Å². The molecule has 4 heterocycles. The Bertz CT molecular complexity index is 7970. The van der Waals surface area contributed by atoms with E-state index in [4.69, 9.17) is 0 Å². The van der Waals surface area contributed by atoms with Crippen molar-refractivity contribution in [2.24, 2.45) is 0 Å². The maximum atomic E-state index is 15.1. The third kappa shape index (κ3) is 21.6. The van der Waals surface area contributed by atoms with E-state index in [1.807, 2.05) is 186 Å². The molecule has 738 valence electrons. The maximum absolute atomic E-state index is 15.1. The highest BCUT2D eigenvalue weighted by Crippen LogP contribution is 2.56. The number of alkyl halides is 12. The molecule has 0 aliphatic heterocycles. The van der Waals surface area contributed by atoms with E-state index in [9.17, 15) is 26.3 Å². The minimum absolute atomic E-state index is 0.0455. The molecule has 0 spiro atoms. The van der Waals surface area contributed by atoms with Crippen molar-refractivity contribution in [1.82, 2.24) is 19.9 Å². The van der Waals surface area contributed by atoms with Crippen LogP contribution in [-0.4, -0.2) is 19.9 Å². The quantitative estimate of drug-likeness (QED) is 0.0804. The summed E-state index contributed by atoms with van der Waals surface area (Å²) in [6.07, 6.45) is -6.65. The molecule has 0 saturated heterocycles. The number of rotatable bonds is 18. The summed E-state index contributed by atoms with van der Waals surface area (Å²) in [6, 6.07) is 123. The Balaban J connectivity index is 0.000000141. The first-order chi connectivity index (χ1) is 72.3. The molecule has 16 heteroatoms. The Kier molecular flexibility index (Phi) is 28.9. The summed E-state index contributed by atoms with van der Waals surface area (Å²) in [7, 11) is 0. The minimum Gasteiger partial charge on any atom is -0.264 e. The second kappa shape index (κ2) is 42.9. The van der Waals surface area contributed by atoms with Gasteiger partial charge in [-0.05, 0) is 387 Å². The molecule has 0 aliphatic carbocycles. The van der Waals surface area contributed by atoms with Crippen LogP contribution in [0.2, 0.25) is 0 Å². The molecule has 21 aromatic rings. The third-order valence-electron chi connectivity index (χ3n) is 27.6. The van der Waals surface area contributed by atoms with Crippen molar-refractivity contribution in [2.45, 2.75) is 80.1 Å². The van der Waals surface area contributed by atoms with Crippen LogP contribution in [0.5, 0.6) is 0 Å². The second-order valence-corrected chi connectivity index (χ2v) is 37.5. The highest BCUT2D eigenvalue weighted by Gasteiger charge is 2.44. The van der Waals surface area contributed by atoms with E-state index < -0.39 is 52.5 Å². The second-order valence-electron chi connectivity index (χ2n) is 37.5. The van der Waals surface area contributed by atoms with Gasteiger partial charge >= 0.3 is 24.7 Å². The molecule has 4 nitrogen and oxygen atoms in total. The Morgan fingerprint density at radius 3 is 0.460 bits per heavy atom. The molecule has 0 atom stereocenters. The number of halogens is 12. The van der Waals surface area contributed by atoms with E-state index in [2.05, 4.69) is 181 Å². The molecule has 0 saturated carbocycles. The molecule has 4 aromatic heterocycles. The molecule has 0 aliphatic rings. The lowest BCUT2D eigenvalue weighted by molar-refractivity contribution is -0.144. The summed E-state index contributed by atoms with van der Waals surface area (Å²) < 4.78 is 178. The first-order valence-corrected chi connectivity index (χ1v) is 49.0. The van der Waals surface area contributed by atoms with E-state index in [0.717, 1.165) is 101 Å². The van der Waals surface area contributed by atoms with Crippen LogP contribution in [-0.2, 0) is 24.7 Å². The van der Waals surface area contributed by atoms with Gasteiger partial charge in [-0.15, -0.1) is 0 Å². The highest BCUT2D eigenvalue weighted by molar-refractivity contribution is 6.03. The fourth-order valence-electron chi connectivity index (χ4n) is 20.5. The number of hydrogen-bond donors (Lipinski definition) is 0. The molecule has 0 bridgehead atoms. The summed E-state index contributed by atoms with van der Waals surface area (Å²) in [5.74, 6) is 0. The molecule has 0 N–H and O–H groups in total. The van der Waals surface area contributed by atoms with Crippen molar-refractivity contribution < 1.29 is 52.7 Å². The monoisotopic (exact) mass is 1990 g/mol. The first-order valence-electron chi connectivity index (χ1n) is 49.0. The van der Waals surface area contributed by atoms with Crippen LogP contribution in [0.25, 0.3) is 200 Å². The molecule has 17 aromatic carbocycles. The molecule has 21 rings (SSSR count). The van der Waals surface area contributed by atoms with E-state index >= 15 is 26.3 Å². The van der Waals surface area contributed by atoms with Gasteiger partial charge in [-0.25, -0.2) is 0 Å². The summed E-state index contributed by atoms with van der Waals surface area (Å²) in [5.41, 5.74) is 29.0. The van der Waals surface area contributed by atoms with Gasteiger partial charge in [0.25, 0.3) is 0 Å². The van der Waals surface area contributed by atoms with Gasteiger partial charge in [0.15, 0.2) is 0 Å². The van der Waals surface area contributed by atoms with Gasteiger partial charge in [0.05, 0.1) is 22.3 Å². The largest absolute Gasteiger partial charge is 0.417 e. The van der Waals surface area contributed by atoms with Crippen molar-refractivity contribution in [3.05, 3.63) is 517 Å². The predicted octanol–water partition coefficient (Wildman–Crippen LogP) is 39.2. The molecule has 0 radical (unpaired) electrons. The van der Waals surface area contributed by atoms with Gasteiger partial charge in [0.1, 0.15) is 0 Å². The molecule has 0 unspecified atom stereocenters. The van der Waals surface area contributed by atoms with Crippen LogP contribution in [0, 0.1) is 55.4 Å². The maximum Gasteiger partial charge on any atom is 0.417 e. The van der Waals surface area contributed by atoms with E-state index in [1.54, 1.807) is 97.3 Å². The van der Waals surface area contributed by atoms with Crippen LogP contribution in [0.1, 0.15) is 66.8 Å². The Hall–Kier alpha value is -17.5. The summed E-state index contributed by atoms with van der Waals surface area (Å²) in [5, 5.41) is 0. The number of aryl methyl sites for hydroxylation is 8. The van der Waals surface area contributed by atoms with Gasteiger partial charge in [0, 0.05) is 71.8 Å². The lowest BCUT2D eigenvalue weighted by Crippen LogP contribution is -2.14. The lowest BCUT2D eigenvalue weighted by atomic mass is 9.81. The molecule has 0 fully saturated rings. The topological polar surface area (TPSA) is 51.6 Å². The van der Waals surface area contributed by atoms with E-state index in [0.29, 0.717) is 33.4 Å². The van der Waals surface area contributed by atoms with Gasteiger partial charge in [-0.3, -0.25) is 19.9 Å². The first kappa shape index (κ1) is 101. The normalized spacial score (nSPS) is 11.6. The minimum atomic E-state index is -5.12. The zero-order chi connectivity index (χ0) is 105. The molecule has 0 amide bonds. The van der Waals surface area contributed by atoms with Crippen molar-refractivity contribution >= 4 is 0 Å². The average Bonchev–Trinajstić information content (AvgIpc) is 0.740. The van der Waals surface area contributed by atoms with Crippen LogP contribution < -0.4 is 0 Å². The number of aromatic nitrogens is 4. The number of hydrogen-bond acceptors (Lipinski definition) is 4. The van der Waals surface area contributed by atoms with Crippen LogP contribution >= 0.6 is 0 Å². The van der Waals surface area contributed by atoms with Gasteiger partial charge in [-0.2, -0.15) is 52.7 Å². The fourth-order valence-corrected chi connectivity index (χ4v) is 20.5.